The smallest absolute Gasteiger partial charge is 0.418 e. The molecule has 2 aromatic rings. The Morgan fingerprint density at radius 1 is 1.13 bits per heavy atom. The Kier molecular flexibility index (Phi) is 7.14. The molecule has 0 amide bonds. The van der Waals surface area contributed by atoms with Crippen molar-refractivity contribution in [1.29, 1.82) is 0 Å². The van der Waals surface area contributed by atoms with Crippen LogP contribution in [0.2, 0.25) is 0 Å². The second-order valence-corrected chi connectivity index (χ2v) is 6.22. The maximum absolute atomic E-state index is 13.6. The van der Waals surface area contributed by atoms with E-state index in [2.05, 4.69) is 5.16 Å². The zero-order valence-electron chi connectivity index (χ0n) is 16.3. The van der Waals surface area contributed by atoms with E-state index in [1.165, 1.54) is 18.2 Å². The van der Waals surface area contributed by atoms with Crippen LogP contribution < -0.4 is 9.64 Å². The molecular weight excluding hydrogens is 405 g/mol. The monoisotopic (exact) mass is 426 g/mol. The van der Waals surface area contributed by atoms with E-state index < -0.39 is 30.1 Å². The number of carbonyl (C=O) groups is 1. The summed E-state index contributed by atoms with van der Waals surface area (Å²) in [6.45, 7) is 3.86. The fraction of sp³-hybridized carbons (Fsp3) is 0.300. The van der Waals surface area contributed by atoms with E-state index in [0.29, 0.717) is 13.1 Å². The average molecular weight is 426 g/mol. The molecule has 2 aromatic carbocycles. The summed E-state index contributed by atoms with van der Waals surface area (Å²) in [5.74, 6) is -1.82. The molecule has 0 saturated heterocycles. The first-order valence-corrected chi connectivity index (χ1v) is 8.98. The molecule has 0 unspecified atom stereocenters. The number of aromatic hydroxyl groups is 1. The third-order valence-electron chi connectivity index (χ3n) is 4.44. The molecule has 2 rings (SSSR count). The molecule has 0 aliphatic carbocycles. The van der Waals surface area contributed by atoms with E-state index in [4.69, 9.17) is 9.84 Å². The van der Waals surface area contributed by atoms with Gasteiger partial charge in [-0.3, -0.25) is 0 Å². The standard InChI is InChI=1S/C20H21F3N2O5/c1-3-25(4-2)17-8-5-12(9-15(17)20(21,22)23)16(24-29)11-30-13-6-7-14(19(27)28)18(26)10-13/h5-10,26,29H,3-4,11H2,1-2H3,(H,27,28). The zero-order chi connectivity index (χ0) is 22.5. The van der Waals surface area contributed by atoms with Crippen LogP contribution >= 0.6 is 0 Å². The van der Waals surface area contributed by atoms with Gasteiger partial charge in [-0.15, -0.1) is 0 Å². The molecule has 0 bridgehead atoms. The van der Waals surface area contributed by atoms with Crippen molar-refractivity contribution in [3.05, 3.63) is 53.1 Å². The van der Waals surface area contributed by atoms with Crippen molar-refractivity contribution in [3.63, 3.8) is 0 Å². The fourth-order valence-corrected chi connectivity index (χ4v) is 2.89. The second kappa shape index (κ2) is 9.38. The number of anilines is 1. The molecule has 7 nitrogen and oxygen atoms in total. The molecule has 0 atom stereocenters. The molecule has 0 spiro atoms. The second-order valence-electron chi connectivity index (χ2n) is 6.22. The van der Waals surface area contributed by atoms with Crippen LogP contribution in [0, 0.1) is 0 Å². The predicted octanol–water partition coefficient (Wildman–Crippen LogP) is 4.21. The van der Waals surface area contributed by atoms with Crippen molar-refractivity contribution in [3.8, 4) is 11.5 Å². The SMILES string of the molecule is CCN(CC)c1ccc(C(COc2ccc(C(=O)O)c(O)c2)=NO)cc1C(F)(F)F. The van der Waals surface area contributed by atoms with Gasteiger partial charge in [0.2, 0.25) is 0 Å². The molecule has 0 fully saturated rings. The normalized spacial score (nSPS) is 12.0. The summed E-state index contributed by atoms with van der Waals surface area (Å²) in [6, 6.07) is 7.02. The van der Waals surface area contributed by atoms with Gasteiger partial charge < -0.3 is 25.1 Å². The van der Waals surface area contributed by atoms with E-state index in [1.807, 2.05) is 0 Å². The first-order valence-electron chi connectivity index (χ1n) is 8.98. The van der Waals surface area contributed by atoms with E-state index in [0.717, 1.165) is 18.2 Å². The van der Waals surface area contributed by atoms with Crippen molar-refractivity contribution in [2.24, 2.45) is 5.16 Å². The average Bonchev–Trinajstić information content (AvgIpc) is 2.69. The number of rotatable bonds is 8. The lowest BCUT2D eigenvalue weighted by Crippen LogP contribution is -2.26. The van der Waals surface area contributed by atoms with Crippen molar-refractivity contribution in [1.82, 2.24) is 0 Å². The van der Waals surface area contributed by atoms with Crippen LogP contribution in [0.5, 0.6) is 11.5 Å². The van der Waals surface area contributed by atoms with Gasteiger partial charge in [-0.2, -0.15) is 13.2 Å². The van der Waals surface area contributed by atoms with Gasteiger partial charge in [0.1, 0.15) is 29.4 Å². The number of hydrogen-bond donors (Lipinski definition) is 3. The first-order chi connectivity index (χ1) is 14.1. The van der Waals surface area contributed by atoms with Crippen molar-refractivity contribution < 1.29 is 38.1 Å². The number of oxime groups is 1. The maximum Gasteiger partial charge on any atom is 0.418 e. The van der Waals surface area contributed by atoms with Gasteiger partial charge in [-0.05, 0) is 38.1 Å². The number of nitrogens with zero attached hydrogens (tertiary/aromatic N) is 2. The van der Waals surface area contributed by atoms with Crippen LogP contribution in [0.15, 0.2) is 41.6 Å². The Morgan fingerprint density at radius 3 is 2.30 bits per heavy atom. The minimum atomic E-state index is -4.62. The van der Waals surface area contributed by atoms with E-state index in [1.54, 1.807) is 18.7 Å². The Morgan fingerprint density at radius 2 is 1.80 bits per heavy atom. The van der Waals surface area contributed by atoms with Gasteiger partial charge in [0.15, 0.2) is 0 Å². The number of hydrogen-bond acceptors (Lipinski definition) is 6. The number of phenols is 1. The number of benzene rings is 2. The Balaban J connectivity index is 2.30. The quantitative estimate of drug-likeness (QED) is 0.332. The minimum absolute atomic E-state index is 0.00658. The molecule has 0 radical (unpaired) electrons. The van der Waals surface area contributed by atoms with E-state index in [9.17, 15) is 28.3 Å². The summed E-state index contributed by atoms with van der Waals surface area (Å²) in [6.07, 6.45) is -4.62. The van der Waals surface area contributed by atoms with Crippen molar-refractivity contribution in [2.45, 2.75) is 20.0 Å². The number of halogens is 3. The van der Waals surface area contributed by atoms with Gasteiger partial charge in [0.05, 0.1) is 5.56 Å². The number of ether oxygens (including phenoxy) is 1. The lowest BCUT2D eigenvalue weighted by Gasteiger charge is -2.25. The number of carboxylic acid groups (broad SMARTS) is 1. The molecule has 0 saturated carbocycles. The predicted molar refractivity (Wildman–Crippen MR) is 104 cm³/mol. The molecule has 0 aliphatic rings. The van der Waals surface area contributed by atoms with Crippen LogP contribution in [0.4, 0.5) is 18.9 Å². The van der Waals surface area contributed by atoms with Gasteiger partial charge in [-0.1, -0.05) is 11.2 Å². The summed E-state index contributed by atoms with van der Waals surface area (Å²) in [7, 11) is 0. The first kappa shape index (κ1) is 22.9. The molecule has 30 heavy (non-hydrogen) atoms. The molecule has 0 aliphatic heterocycles. The highest BCUT2D eigenvalue weighted by atomic mass is 19.4. The van der Waals surface area contributed by atoms with E-state index in [-0.39, 0.29) is 28.3 Å². The summed E-state index contributed by atoms with van der Waals surface area (Å²) in [5.41, 5.74) is -1.35. The van der Waals surface area contributed by atoms with Crippen LogP contribution in [-0.2, 0) is 6.18 Å². The van der Waals surface area contributed by atoms with Crippen LogP contribution in [-0.4, -0.2) is 46.8 Å². The van der Waals surface area contributed by atoms with Gasteiger partial charge >= 0.3 is 12.1 Å². The van der Waals surface area contributed by atoms with Crippen molar-refractivity contribution >= 4 is 17.4 Å². The molecule has 0 aromatic heterocycles. The van der Waals surface area contributed by atoms with Gasteiger partial charge in [0.25, 0.3) is 0 Å². The minimum Gasteiger partial charge on any atom is -0.507 e. The summed E-state index contributed by atoms with van der Waals surface area (Å²) >= 11 is 0. The summed E-state index contributed by atoms with van der Waals surface area (Å²) in [4.78, 5) is 12.5. The lowest BCUT2D eigenvalue weighted by molar-refractivity contribution is -0.137. The van der Waals surface area contributed by atoms with Gasteiger partial charge in [-0.25, -0.2) is 4.79 Å². The Labute approximate surface area is 170 Å². The third kappa shape index (κ3) is 5.13. The summed E-state index contributed by atoms with van der Waals surface area (Å²) in [5, 5.41) is 30.9. The molecule has 162 valence electrons. The lowest BCUT2D eigenvalue weighted by atomic mass is 10.0. The zero-order valence-corrected chi connectivity index (χ0v) is 16.3. The number of aromatic carboxylic acids is 1. The highest BCUT2D eigenvalue weighted by molar-refractivity contribution is 6.02. The third-order valence-corrected chi connectivity index (χ3v) is 4.44. The highest BCUT2D eigenvalue weighted by Crippen LogP contribution is 2.37. The van der Waals surface area contributed by atoms with Crippen LogP contribution in [0.3, 0.4) is 0 Å². The molecular formula is C20H21F3N2O5. The van der Waals surface area contributed by atoms with Crippen LogP contribution in [0.25, 0.3) is 0 Å². The van der Waals surface area contributed by atoms with Crippen LogP contribution in [0.1, 0.15) is 35.3 Å². The Bertz CT molecular complexity index is 941. The largest absolute Gasteiger partial charge is 0.507 e. The van der Waals surface area contributed by atoms with E-state index >= 15 is 0 Å². The number of carboxylic acids is 1. The molecule has 0 heterocycles. The van der Waals surface area contributed by atoms with Crippen molar-refractivity contribution in [2.75, 3.05) is 24.6 Å². The molecule has 10 heteroatoms. The topological polar surface area (TPSA) is 103 Å². The maximum atomic E-state index is 13.6. The molecule has 3 N–H and O–H groups in total. The fourth-order valence-electron chi connectivity index (χ4n) is 2.89. The highest BCUT2D eigenvalue weighted by Gasteiger charge is 2.35. The Hall–Kier alpha value is -3.43. The van der Waals surface area contributed by atoms with Gasteiger partial charge in [0, 0.05) is 30.4 Å². The number of alkyl halides is 3. The summed E-state index contributed by atoms with van der Waals surface area (Å²) < 4.78 is 46.1.